The van der Waals surface area contributed by atoms with E-state index in [1.165, 1.54) is 44.3 Å². The summed E-state index contributed by atoms with van der Waals surface area (Å²) in [7, 11) is 1.96. The number of likely N-dealkylation sites (tertiary alicyclic amines) is 1. The van der Waals surface area contributed by atoms with E-state index < -0.39 is 0 Å². The van der Waals surface area contributed by atoms with Gasteiger partial charge in [-0.1, -0.05) is 31.9 Å². The second-order valence-electron chi connectivity index (χ2n) is 7.53. The van der Waals surface area contributed by atoms with Crippen LogP contribution >= 0.6 is 0 Å². The molecule has 0 bridgehead atoms. The average Bonchev–Trinajstić information content (AvgIpc) is 3.09. The van der Waals surface area contributed by atoms with Crippen LogP contribution in [0.2, 0.25) is 0 Å². The number of amides is 1. The topological polar surface area (TPSA) is 23.6 Å². The highest BCUT2D eigenvalue weighted by atomic mass is 16.2. The minimum atomic E-state index is 0.176. The Morgan fingerprint density at radius 3 is 2.48 bits per heavy atom. The number of rotatable bonds is 4. The monoisotopic (exact) mass is 314 g/mol. The quantitative estimate of drug-likeness (QED) is 0.840. The van der Waals surface area contributed by atoms with Crippen molar-refractivity contribution in [3.63, 3.8) is 0 Å². The molecule has 1 aliphatic carbocycles. The molecule has 2 fully saturated rings. The van der Waals surface area contributed by atoms with Gasteiger partial charge in [-0.05, 0) is 55.8 Å². The summed E-state index contributed by atoms with van der Waals surface area (Å²) in [5, 5.41) is 0. The first kappa shape index (κ1) is 16.5. The van der Waals surface area contributed by atoms with E-state index >= 15 is 0 Å². The third kappa shape index (κ3) is 4.14. The summed E-state index contributed by atoms with van der Waals surface area (Å²) < 4.78 is 0. The molecule has 0 radical (unpaired) electrons. The second-order valence-corrected chi connectivity index (χ2v) is 7.53. The minimum absolute atomic E-state index is 0.176. The molecule has 1 aromatic carbocycles. The van der Waals surface area contributed by atoms with E-state index in [0.717, 1.165) is 30.9 Å². The van der Waals surface area contributed by atoms with Crippen LogP contribution < -0.4 is 0 Å². The molecular formula is C20H30N2O. The van der Waals surface area contributed by atoms with Crippen molar-refractivity contribution in [3.05, 3.63) is 35.4 Å². The lowest BCUT2D eigenvalue weighted by Crippen LogP contribution is -2.35. The smallest absolute Gasteiger partial charge is 0.253 e. The van der Waals surface area contributed by atoms with Gasteiger partial charge in [0.05, 0.1) is 0 Å². The number of hydrogen-bond acceptors (Lipinski definition) is 2. The third-order valence-electron chi connectivity index (χ3n) is 5.54. The highest BCUT2D eigenvalue weighted by Gasteiger charge is 2.24. The Morgan fingerprint density at radius 2 is 1.83 bits per heavy atom. The number of carbonyl (C=O) groups excluding carboxylic acids is 1. The Morgan fingerprint density at radius 1 is 1.13 bits per heavy atom. The predicted octanol–water partition coefficient (Wildman–Crippen LogP) is 3.93. The minimum Gasteiger partial charge on any atom is -0.339 e. The van der Waals surface area contributed by atoms with Crippen LogP contribution in [0.4, 0.5) is 0 Å². The van der Waals surface area contributed by atoms with Gasteiger partial charge in [0.2, 0.25) is 0 Å². The van der Waals surface area contributed by atoms with Crippen LogP contribution in [0.1, 0.15) is 61.4 Å². The van der Waals surface area contributed by atoms with Crippen LogP contribution in [0.25, 0.3) is 0 Å². The van der Waals surface area contributed by atoms with Gasteiger partial charge in [0.1, 0.15) is 0 Å². The van der Waals surface area contributed by atoms with E-state index in [1.54, 1.807) is 0 Å². The van der Waals surface area contributed by atoms with Gasteiger partial charge in [0, 0.05) is 31.7 Å². The molecule has 1 atom stereocenters. The number of hydrogen-bond donors (Lipinski definition) is 0. The Labute approximate surface area is 140 Å². The lowest BCUT2D eigenvalue weighted by molar-refractivity contribution is 0.0735. The number of piperidine rings is 1. The summed E-state index contributed by atoms with van der Waals surface area (Å²) in [6.07, 6.45) is 7.51. The highest BCUT2D eigenvalue weighted by Crippen LogP contribution is 2.24. The molecule has 1 aliphatic heterocycles. The van der Waals surface area contributed by atoms with Crippen molar-refractivity contribution in [2.24, 2.45) is 5.92 Å². The van der Waals surface area contributed by atoms with E-state index in [4.69, 9.17) is 0 Å². The Kier molecular flexibility index (Phi) is 5.37. The Balaban J connectivity index is 1.58. The highest BCUT2D eigenvalue weighted by molar-refractivity contribution is 5.94. The first-order valence-corrected chi connectivity index (χ1v) is 9.22. The first-order chi connectivity index (χ1) is 11.1. The number of benzene rings is 1. The molecule has 0 spiro atoms. The maximum absolute atomic E-state index is 12.6. The van der Waals surface area contributed by atoms with Crippen LogP contribution in [0.3, 0.4) is 0 Å². The molecule has 0 aromatic heterocycles. The van der Waals surface area contributed by atoms with Crippen LogP contribution in [-0.4, -0.2) is 41.9 Å². The lowest BCUT2D eigenvalue weighted by atomic mass is 9.99. The Bertz CT molecular complexity index is 519. The van der Waals surface area contributed by atoms with Crippen LogP contribution in [-0.2, 0) is 6.54 Å². The molecular weight excluding hydrogens is 284 g/mol. The van der Waals surface area contributed by atoms with Gasteiger partial charge in [-0.15, -0.1) is 0 Å². The largest absolute Gasteiger partial charge is 0.339 e. The maximum Gasteiger partial charge on any atom is 0.253 e. The zero-order chi connectivity index (χ0) is 16.2. The van der Waals surface area contributed by atoms with E-state index in [-0.39, 0.29) is 5.91 Å². The number of nitrogens with zero attached hydrogens (tertiary/aromatic N) is 2. The molecule has 3 nitrogen and oxygen atoms in total. The van der Waals surface area contributed by atoms with Gasteiger partial charge < -0.3 is 4.90 Å². The van der Waals surface area contributed by atoms with E-state index in [2.05, 4.69) is 24.0 Å². The molecule has 2 aliphatic rings. The zero-order valence-electron chi connectivity index (χ0n) is 14.6. The van der Waals surface area contributed by atoms with Crippen LogP contribution in [0.15, 0.2) is 24.3 Å². The van der Waals surface area contributed by atoms with E-state index in [1.807, 2.05) is 24.1 Å². The summed E-state index contributed by atoms with van der Waals surface area (Å²) in [4.78, 5) is 17.1. The molecule has 3 heteroatoms. The lowest BCUT2D eigenvalue weighted by Gasteiger charge is -2.30. The van der Waals surface area contributed by atoms with Crippen molar-refractivity contribution in [1.29, 1.82) is 0 Å². The van der Waals surface area contributed by atoms with Crippen LogP contribution in [0, 0.1) is 5.92 Å². The molecule has 3 rings (SSSR count). The normalized spacial score (nSPS) is 23.1. The fraction of sp³-hybridized carbons (Fsp3) is 0.650. The third-order valence-corrected chi connectivity index (χ3v) is 5.54. The zero-order valence-corrected chi connectivity index (χ0v) is 14.6. The molecule has 1 heterocycles. The SMILES string of the molecule is C[C@H]1CCCN(Cc2ccc(C(=O)N(C)C3CCCC3)cc2)C1. The molecule has 1 saturated carbocycles. The van der Waals surface area contributed by atoms with E-state index in [0.29, 0.717) is 6.04 Å². The van der Waals surface area contributed by atoms with Gasteiger partial charge >= 0.3 is 0 Å². The summed E-state index contributed by atoms with van der Waals surface area (Å²) in [5.74, 6) is 0.986. The number of carbonyl (C=O) groups is 1. The summed E-state index contributed by atoms with van der Waals surface area (Å²) >= 11 is 0. The van der Waals surface area contributed by atoms with Gasteiger partial charge in [-0.2, -0.15) is 0 Å². The molecule has 23 heavy (non-hydrogen) atoms. The predicted molar refractivity (Wildman–Crippen MR) is 94.5 cm³/mol. The van der Waals surface area contributed by atoms with Gasteiger partial charge in [-0.25, -0.2) is 0 Å². The van der Waals surface area contributed by atoms with Gasteiger partial charge in [-0.3, -0.25) is 9.69 Å². The maximum atomic E-state index is 12.6. The summed E-state index contributed by atoms with van der Waals surface area (Å²) in [6.45, 7) is 5.75. The molecule has 1 amide bonds. The van der Waals surface area contributed by atoms with E-state index in [9.17, 15) is 4.79 Å². The first-order valence-electron chi connectivity index (χ1n) is 9.22. The van der Waals surface area contributed by atoms with Crippen molar-refractivity contribution < 1.29 is 4.79 Å². The summed E-state index contributed by atoms with van der Waals surface area (Å²) in [6, 6.07) is 8.73. The molecule has 126 valence electrons. The van der Waals surface area contributed by atoms with Crippen molar-refractivity contribution >= 4 is 5.91 Å². The average molecular weight is 314 g/mol. The van der Waals surface area contributed by atoms with Crippen LogP contribution in [0.5, 0.6) is 0 Å². The van der Waals surface area contributed by atoms with Crippen molar-refractivity contribution in [2.45, 2.75) is 58.0 Å². The fourth-order valence-corrected chi connectivity index (χ4v) is 4.10. The fourth-order valence-electron chi connectivity index (χ4n) is 4.10. The van der Waals surface area contributed by atoms with Gasteiger partial charge in [0.15, 0.2) is 0 Å². The molecule has 1 saturated heterocycles. The summed E-state index contributed by atoms with van der Waals surface area (Å²) in [5.41, 5.74) is 2.15. The van der Waals surface area contributed by atoms with Crippen molar-refractivity contribution in [1.82, 2.24) is 9.80 Å². The molecule has 0 N–H and O–H groups in total. The second kappa shape index (κ2) is 7.48. The van der Waals surface area contributed by atoms with Gasteiger partial charge in [0.25, 0.3) is 5.91 Å². The van der Waals surface area contributed by atoms with Crippen molar-refractivity contribution in [3.8, 4) is 0 Å². The molecule has 0 unspecified atom stereocenters. The Hall–Kier alpha value is -1.35. The van der Waals surface area contributed by atoms with Crippen molar-refractivity contribution in [2.75, 3.05) is 20.1 Å². The standard InChI is InChI=1S/C20H30N2O/c1-16-6-5-13-22(14-16)15-17-9-11-18(12-10-17)20(23)21(2)19-7-3-4-8-19/h9-12,16,19H,3-8,13-15H2,1-2H3/t16-/m0/s1. The molecule has 1 aromatic rings.